The van der Waals surface area contributed by atoms with Crippen molar-refractivity contribution in [1.29, 1.82) is 0 Å². The Hall–Kier alpha value is -2.43. The van der Waals surface area contributed by atoms with Crippen molar-refractivity contribution in [1.82, 2.24) is 10.2 Å². The molecular weight excluding hydrogens is 625 g/mol. The highest BCUT2D eigenvalue weighted by Gasteiger charge is 2.45. The maximum atomic E-state index is 14.1. The van der Waals surface area contributed by atoms with Crippen molar-refractivity contribution in [3.8, 4) is 0 Å². The number of morpholine rings is 1. The summed E-state index contributed by atoms with van der Waals surface area (Å²) in [6, 6.07) is 9.77. The Labute approximate surface area is 245 Å². The van der Waals surface area contributed by atoms with E-state index in [2.05, 4.69) is 14.9 Å². The number of unbranched alkanes of at least 4 members (excludes halogenated alkanes) is 1. The van der Waals surface area contributed by atoms with E-state index in [1.54, 1.807) is 24.3 Å². The van der Waals surface area contributed by atoms with Crippen LogP contribution in [0.15, 0.2) is 74.3 Å². The van der Waals surface area contributed by atoms with E-state index in [9.17, 15) is 30.0 Å². The molecule has 1 N–H and O–H groups in total. The normalized spacial score (nSPS) is 15.9. The number of hydrogen-bond acceptors (Lipinski definition) is 8. The fraction of sp³-hybridized carbons (Fsp3) is 0.360. The van der Waals surface area contributed by atoms with Crippen molar-refractivity contribution >= 4 is 49.2 Å². The van der Waals surface area contributed by atoms with Gasteiger partial charge in [-0.2, -0.15) is 26.7 Å². The van der Waals surface area contributed by atoms with Crippen LogP contribution >= 0.6 is 23.4 Å². The molecular formula is C25H27ClF3N4O5S3+. The molecule has 0 bridgehead atoms. The Kier molecular flexibility index (Phi) is 9.55. The van der Waals surface area contributed by atoms with Gasteiger partial charge in [0.15, 0.2) is 5.82 Å². The van der Waals surface area contributed by atoms with Crippen molar-refractivity contribution in [2.24, 2.45) is 0 Å². The Balaban J connectivity index is 1.61. The molecule has 16 heteroatoms. The molecule has 3 aromatic rings. The summed E-state index contributed by atoms with van der Waals surface area (Å²) in [5, 5.41) is 6.95. The Bertz CT molecular complexity index is 1620. The number of nitrogens with zero attached hydrogens (tertiary/aromatic N) is 3. The molecule has 0 aliphatic carbocycles. The lowest BCUT2D eigenvalue weighted by atomic mass is 10.2. The molecule has 1 aliphatic rings. The molecule has 4 rings (SSSR count). The van der Waals surface area contributed by atoms with Crippen LogP contribution in [-0.4, -0.2) is 63.8 Å². The fourth-order valence-electron chi connectivity index (χ4n) is 4.33. The van der Waals surface area contributed by atoms with E-state index in [-0.39, 0.29) is 14.6 Å². The van der Waals surface area contributed by atoms with Crippen LogP contribution in [0.1, 0.15) is 25.3 Å². The lowest BCUT2D eigenvalue weighted by Crippen LogP contribution is -2.59. The molecule has 0 atom stereocenters. The number of anilines is 1. The minimum Gasteiger partial charge on any atom is -0.370 e. The quantitative estimate of drug-likeness (QED) is 0.289. The number of halogens is 4. The molecule has 1 aliphatic heterocycles. The molecule has 1 saturated heterocycles. The number of alkyl halides is 3. The van der Waals surface area contributed by atoms with Crippen LogP contribution in [0.3, 0.4) is 0 Å². The van der Waals surface area contributed by atoms with Gasteiger partial charge in [0, 0.05) is 9.79 Å². The van der Waals surface area contributed by atoms with E-state index >= 15 is 0 Å². The van der Waals surface area contributed by atoms with Gasteiger partial charge in [-0.1, -0.05) is 48.8 Å². The standard InChI is InChI=1S/C25H27ClF3N4O5S3/c1-2-3-10-33(11-13-38-14-12-33)41(36,37)23-7-5-4-6-21(23)39-19-16-24(31-30-17-19)32-40(34,35)22-9-8-18(15-20(22)26)25(27,28)29/h4-9,15-17H,2-3,10-14H2,1H3,(H,31,32)/q+1. The number of nitrogens with one attached hydrogen (secondary N) is 1. The highest BCUT2D eigenvalue weighted by molar-refractivity contribution is 8.00. The number of rotatable bonds is 10. The summed E-state index contributed by atoms with van der Waals surface area (Å²) in [7, 11) is -8.28. The summed E-state index contributed by atoms with van der Waals surface area (Å²) < 4.78 is 100. The lowest BCUT2D eigenvalue weighted by molar-refractivity contribution is -0.816. The van der Waals surface area contributed by atoms with E-state index in [0.717, 1.165) is 30.7 Å². The molecule has 1 fully saturated rings. The van der Waals surface area contributed by atoms with E-state index in [1.165, 1.54) is 12.3 Å². The molecule has 2 heterocycles. The number of benzene rings is 2. The molecule has 0 spiro atoms. The summed E-state index contributed by atoms with van der Waals surface area (Å²) in [6.45, 7) is 3.78. The number of aromatic nitrogens is 2. The van der Waals surface area contributed by atoms with Gasteiger partial charge < -0.3 is 4.74 Å². The zero-order valence-electron chi connectivity index (χ0n) is 21.8. The molecule has 9 nitrogen and oxygen atoms in total. The maximum Gasteiger partial charge on any atom is 0.416 e. The van der Waals surface area contributed by atoms with Crippen LogP contribution in [-0.2, 0) is 31.0 Å². The van der Waals surface area contributed by atoms with Crippen molar-refractivity contribution in [3.05, 3.63) is 65.3 Å². The molecule has 41 heavy (non-hydrogen) atoms. The number of ether oxygens (including phenoxy) is 1. The number of quaternary nitrogens is 1. The zero-order valence-corrected chi connectivity index (χ0v) is 25.0. The summed E-state index contributed by atoms with van der Waals surface area (Å²) >= 11 is 6.93. The van der Waals surface area contributed by atoms with Crippen molar-refractivity contribution in [2.75, 3.05) is 37.6 Å². The van der Waals surface area contributed by atoms with Gasteiger partial charge in [-0.05, 0) is 42.8 Å². The van der Waals surface area contributed by atoms with Crippen LogP contribution in [0.5, 0.6) is 0 Å². The molecule has 2 aromatic carbocycles. The average Bonchev–Trinajstić information content (AvgIpc) is 2.92. The predicted molar refractivity (Wildman–Crippen MR) is 148 cm³/mol. The van der Waals surface area contributed by atoms with Gasteiger partial charge in [-0.3, -0.25) is 4.72 Å². The third kappa shape index (κ3) is 6.97. The molecule has 222 valence electrons. The summed E-state index contributed by atoms with van der Waals surface area (Å²) in [6.07, 6.45) is -1.78. The van der Waals surface area contributed by atoms with Crippen molar-refractivity contribution in [3.63, 3.8) is 0 Å². The molecule has 0 unspecified atom stereocenters. The minimum absolute atomic E-state index is 0.119. The SMILES string of the molecule is CCCC[N+]1(S(=O)(=O)c2ccccc2Sc2cnnc(NS(=O)(=O)c3ccc(C(F)(F)F)cc3Cl)c2)CCOCC1. The highest BCUT2D eigenvalue weighted by atomic mass is 35.5. The first-order valence-electron chi connectivity index (χ1n) is 12.5. The topological polar surface area (TPSA) is 115 Å². The number of hydrogen-bond donors (Lipinski definition) is 1. The van der Waals surface area contributed by atoms with Gasteiger partial charge in [-0.15, -0.1) is 5.10 Å². The molecule has 0 amide bonds. The fourth-order valence-corrected chi connectivity index (χ4v) is 9.13. The predicted octanol–water partition coefficient (Wildman–Crippen LogP) is 5.44. The molecule has 0 saturated carbocycles. The van der Waals surface area contributed by atoms with Crippen molar-refractivity contribution in [2.45, 2.75) is 45.5 Å². The summed E-state index contributed by atoms with van der Waals surface area (Å²) in [5.74, 6) is -0.231. The summed E-state index contributed by atoms with van der Waals surface area (Å²) in [4.78, 5) is 0.357. The smallest absolute Gasteiger partial charge is 0.370 e. The van der Waals surface area contributed by atoms with E-state index in [4.69, 9.17) is 16.3 Å². The van der Waals surface area contributed by atoms with Gasteiger partial charge in [0.25, 0.3) is 10.0 Å². The van der Waals surface area contributed by atoms with E-state index in [0.29, 0.717) is 54.8 Å². The first-order valence-corrected chi connectivity index (χ1v) is 16.6. The van der Waals surface area contributed by atoms with Gasteiger partial charge >= 0.3 is 16.2 Å². The Morgan fingerprint density at radius 1 is 1.05 bits per heavy atom. The van der Waals surface area contributed by atoms with Gasteiger partial charge in [0.05, 0.1) is 36.5 Å². The van der Waals surface area contributed by atoms with Crippen LogP contribution in [0.25, 0.3) is 0 Å². The first kappa shape index (κ1) is 31.5. The highest BCUT2D eigenvalue weighted by Crippen LogP contribution is 2.38. The van der Waals surface area contributed by atoms with E-state index in [1.807, 2.05) is 6.92 Å². The lowest BCUT2D eigenvalue weighted by Gasteiger charge is -2.39. The Morgan fingerprint density at radius 2 is 1.76 bits per heavy atom. The third-order valence-electron chi connectivity index (χ3n) is 6.49. The largest absolute Gasteiger partial charge is 0.416 e. The minimum atomic E-state index is -4.69. The second-order valence-corrected chi connectivity index (χ2v) is 14.6. The van der Waals surface area contributed by atoms with Crippen LogP contribution in [0, 0.1) is 0 Å². The Morgan fingerprint density at radius 3 is 2.41 bits per heavy atom. The maximum absolute atomic E-state index is 14.1. The number of sulfonamides is 2. The van der Waals surface area contributed by atoms with Crippen LogP contribution in [0.4, 0.5) is 19.0 Å². The van der Waals surface area contributed by atoms with Crippen LogP contribution < -0.4 is 4.72 Å². The third-order valence-corrected chi connectivity index (χ3v) is 12.0. The molecule has 1 aromatic heterocycles. The second kappa shape index (κ2) is 12.4. The first-order chi connectivity index (χ1) is 19.3. The van der Waals surface area contributed by atoms with Gasteiger partial charge in [-0.25, -0.2) is 12.3 Å². The molecule has 0 radical (unpaired) electrons. The van der Waals surface area contributed by atoms with Gasteiger partial charge in [0.2, 0.25) is 0 Å². The average molecular weight is 652 g/mol. The second-order valence-electron chi connectivity index (χ2n) is 9.24. The monoisotopic (exact) mass is 651 g/mol. The summed E-state index contributed by atoms with van der Waals surface area (Å²) in [5.41, 5.74) is -1.09. The van der Waals surface area contributed by atoms with Crippen LogP contribution in [0.2, 0.25) is 5.02 Å². The zero-order chi connectivity index (χ0) is 29.9. The van der Waals surface area contributed by atoms with E-state index < -0.39 is 41.7 Å². The van der Waals surface area contributed by atoms with Crippen molar-refractivity contribution < 1.29 is 38.6 Å². The van der Waals surface area contributed by atoms with Gasteiger partial charge in [0.1, 0.15) is 22.9 Å².